The molecule has 4 nitrogen and oxygen atoms in total. The van der Waals surface area contributed by atoms with Gasteiger partial charge in [-0.05, 0) is 57.6 Å². The van der Waals surface area contributed by atoms with Crippen LogP contribution in [0.1, 0.15) is 50.2 Å². The van der Waals surface area contributed by atoms with Gasteiger partial charge in [0.1, 0.15) is 0 Å². The molecule has 0 saturated carbocycles. The first-order valence-corrected chi connectivity index (χ1v) is 8.95. The van der Waals surface area contributed by atoms with Gasteiger partial charge in [-0.15, -0.1) is 0 Å². The molecule has 1 aromatic carbocycles. The predicted octanol–water partition coefficient (Wildman–Crippen LogP) is 3.95. The molecule has 25 heavy (non-hydrogen) atoms. The molecule has 0 heterocycles. The molecule has 0 radical (unpaired) electrons. The van der Waals surface area contributed by atoms with Gasteiger partial charge in [-0.3, -0.25) is 4.79 Å². The maximum Gasteiger partial charge on any atom is 0.331 e. The lowest BCUT2D eigenvalue weighted by atomic mass is 9.97. The van der Waals surface area contributed by atoms with Crippen LogP contribution in [0.25, 0.3) is 6.08 Å². The maximum absolute atomic E-state index is 12.0. The molecule has 1 atom stereocenters. The maximum atomic E-state index is 12.0. The van der Waals surface area contributed by atoms with Crippen molar-refractivity contribution in [3.05, 3.63) is 53.1 Å². The van der Waals surface area contributed by atoms with Crippen molar-refractivity contribution < 1.29 is 14.3 Å². The average Bonchev–Trinajstić information content (AvgIpc) is 2.62. The minimum Gasteiger partial charge on any atom is -0.449 e. The first kappa shape index (κ1) is 19.0. The number of nitrogens with one attached hydrogen (secondary N) is 1. The second-order valence-electron chi connectivity index (χ2n) is 6.47. The van der Waals surface area contributed by atoms with E-state index in [0.29, 0.717) is 6.54 Å². The SMILES string of the molecule is Cc1ccc(/C=C/C(=O)O[C@H](C)C(=O)NCCC2=CCCCC2)cc1. The van der Waals surface area contributed by atoms with E-state index < -0.39 is 12.1 Å². The Hall–Kier alpha value is -2.36. The van der Waals surface area contributed by atoms with E-state index in [4.69, 9.17) is 4.74 Å². The molecule has 4 heteroatoms. The molecule has 0 unspecified atom stereocenters. The Bertz CT molecular complexity index is 644. The summed E-state index contributed by atoms with van der Waals surface area (Å²) in [4.78, 5) is 23.8. The number of benzene rings is 1. The number of esters is 1. The van der Waals surface area contributed by atoms with Gasteiger partial charge in [-0.1, -0.05) is 41.5 Å². The summed E-state index contributed by atoms with van der Waals surface area (Å²) in [7, 11) is 0. The quantitative estimate of drug-likeness (QED) is 0.464. The monoisotopic (exact) mass is 341 g/mol. The fraction of sp³-hybridized carbons (Fsp3) is 0.429. The second-order valence-corrected chi connectivity index (χ2v) is 6.47. The number of allylic oxidation sites excluding steroid dienone is 1. The Kier molecular flexibility index (Phi) is 7.45. The van der Waals surface area contributed by atoms with Crippen molar-refractivity contribution in [1.29, 1.82) is 0 Å². The summed E-state index contributed by atoms with van der Waals surface area (Å²) in [6.45, 7) is 4.19. The van der Waals surface area contributed by atoms with Crippen molar-refractivity contribution in [3.8, 4) is 0 Å². The Morgan fingerprint density at radius 1 is 1.24 bits per heavy atom. The number of carbonyl (C=O) groups excluding carboxylic acids is 2. The fourth-order valence-electron chi connectivity index (χ4n) is 2.73. The van der Waals surface area contributed by atoms with E-state index in [2.05, 4.69) is 11.4 Å². The average molecular weight is 341 g/mol. The van der Waals surface area contributed by atoms with Crippen molar-refractivity contribution in [3.63, 3.8) is 0 Å². The van der Waals surface area contributed by atoms with Crippen LogP contribution in [0.4, 0.5) is 0 Å². The van der Waals surface area contributed by atoms with Crippen LogP contribution < -0.4 is 5.32 Å². The zero-order valence-corrected chi connectivity index (χ0v) is 15.1. The molecule has 1 aliphatic rings. The van der Waals surface area contributed by atoms with E-state index in [1.54, 1.807) is 13.0 Å². The second kappa shape index (κ2) is 9.82. The number of hydrogen-bond acceptors (Lipinski definition) is 3. The summed E-state index contributed by atoms with van der Waals surface area (Å²) in [5, 5.41) is 2.83. The summed E-state index contributed by atoms with van der Waals surface area (Å²) in [6, 6.07) is 7.80. The predicted molar refractivity (Wildman–Crippen MR) is 99.9 cm³/mol. The lowest BCUT2D eigenvalue weighted by Crippen LogP contribution is -2.36. The van der Waals surface area contributed by atoms with E-state index in [9.17, 15) is 9.59 Å². The van der Waals surface area contributed by atoms with E-state index in [0.717, 1.165) is 30.4 Å². The minimum atomic E-state index is -0.796. The highest BCUT2D eigenvalue weighted by atomic mass is 16.5. The molecular formula is C21H27NO3. The fourth-order valence-corrected chi connectivity index (χ4v) is 2.73. The molecule has 0 aromatic heterocycles. The number of rotatable bonds is 7. The van der Waals surface area contributed by atoms with Crippen LogP contribution in [0.3, 0.4) is 0 Å². The highest BCUT2D eigenvalue weighted by Crippen LogP contribution is 2.19. The molecule has 2 rings (SSSR count). The van der Waals surface area contributed by atoms with Gasteiger partial charge < -0.3 is 10.1 Å². The molecule has 0 bridgehead atoms. The van der Waals surface area contributed by atoms with Gasteiger partial charge in [0.05, 0.1) is 0 Å². The lowest BCUT2D eigenvalue weighted by Gasteiger charge is -2.15. The molecule has 0 fully saturated rings. The molecular weight excluding hydrogens is 314 g/mol. The van der Waals surface area contributed by atoms with Gasteiger partial charge in [0.15, 0.2) is 6.10 Å². The molecule has 0 aliphatic heterocycles. The van der Waals surface area contributed by atoms with Crippen molar-refractivity contribution >= 4 is 18.0 Å². The third-order valence-corrected chi connectivity index (χ3v) is 4.28. The van der Waals surface area contributed by atoms with Crippen LogP contribution in [-0.2, 0) is 14.3 Å². The molecule has 0 spiro atoms. The smallest absolute Gasteiger partial charge is 0.331 e. The molecule has 1 aliphatic carbocycles. The van der Waals surface area contributed by atoms with Crippen LogP contribution in [0.5, 0.6) is 0 Å². The van der Waals surface area contributed by atoms with Gasteiger partial charge in [-0.25, -0.2) is 4.79 Å². The molecule has 1 aromatic rings. The van der Waals surface area contributed by atoms with Crippen molar-refractivity contribution in [1.82, 2.24) is 5.32 Å². The van der Waals surface area contributed by atoms with Crippen molar-refractivity contribution in [2.75, 3.05) is 6.54 Å². The Balaban J connectivity index is 1.71. The van der Waals surface area contributed by atoms with Gasteiger partial charge >= 0.3 is 5.97 Å². The van der Waals surface area contributed by atoms with Crippen LogP contribution in [0, 0.1) is 6.92 Å². The van der Waals surface area contributed by atoms with Crippen molar-refractivity contribution in [2.45, 2.75) is 52.1 Å². The van der Waals surface area contributed by atoms with Crippen molar-refractivity contribution in [2.24, 2.45) is 0 Å². The molecule has 0 saturated heterocycles. The Morgan fingerprint density at radius 3 is 2.68 bits per heavy atom. The van der Waals surface area contributed by atoms with E-state index in [1.807, 2.05) is 31.2 Å². The number of hydrogen-bond donors (Lipinski definition) is 1. The first-order chi connectivity index (χ1) is 12.0. The molecule has 134 valence electrons. The number of ether oxygens (including phenoxy) is 1. The van der Waals surface area contributed by atoms with Gasteiger partial charge in [0.25, 0.3) is 5.91 Å². The number of aryl methyl sites for hydroxylation is 1. The van der Waals surface area contributed by atoms with E-state index >= 15 is 0 Å². The zero-order valence-electron chi connectivity index (χ0n) is 15.1. The lowest BCUT2D eigenvalue weighted by molar-refractivity contribution is -0.150. The Morgan fingerprint density at radius 2 is 2.00 bits per heavy atom. The summed E-state index contributed by atoms with van der Waals surface area (Å²) >= 11 is 0. The van der Waals surface area contributed by atoms with Crippen LogP contribution in [0.15, 0.2) is 42.0 Å². The molecule has 1 amide bonds. The van der Waals surface area contributed by atoms with Gasteiger partial charge in [-0.2, -0.15) is 0 Å². The van der Waals surface area contributed by atoms with Gasteiger partial charge in [0, 0.05) is 12.6 Å². The normalized spacial score (nSPS) is 15.5. The summed E-state index contributed by atoms with van der Waals surface area (Å²) in [5.74, 6) is -0.772. The highest BCUT2D eigenvalue weighted by Gasteiger charge is 2.16. The first-order valence-electron chi connectivity index (χ1n) is 8.95. The molecule has 1 N–H and O–H groups in total. The standard InChI is InChI=1S/C21H27NO3/c1-16-8-10-19(11-9-16)12-13-20(23)25-17(2)21(24)22-15-14-18-6-4-3-5-7-18/h6,8-13,17H,3-5,7,14-15H2,1-2H3,(H,22,24)/b13-12+/t17-/m1/s1. The van der Waals surface area contributed by atoms with Gasteiger partial charge in [0.2, 0.25) is 0 Å². The summed E-state index contributed by atoms with van der Waals surface area (Å²) < 4.78 is 5.15. The summed E-state index contributed by atoms with van der Waals surface area (Å²) in [5.41, 5.74) is 3.49. The van der Waals surface area contributed by atoms with Crippen LogP contribution in [0.2, 0.25) is 0 Å². The minimum absolute atomic E-state index is 0.256. The van der Waals surface area contributed by atoms with E-state index in [1.165, 1.54) is 24.5 Å². The zero-order chi connectivity index (χ0) is 18.1. The highest BCUT2D eigenvalue weighted by molar-refractivity contribution is 5.90. The third-order valence-electron chi connectivity index (χ3n) is 4.28. The number of amides is 1. The van der Waals surface area contributed by atoms with E-state index in [-0.39, 0.29) is 5.91 Å². The third kappa shape index (κ3) is 6.96. The van der Waals surface area contributed by atoms with Crippen LogP contribution in [-0.4, -0.2) is 24.5 Å². The Labute approximate surface area is 150 Å². The topological polar surface area (TPSA) is 55.4 Å². The largest absolute Gasteiger partial charge is 0.449 e. The summed E-state index contributed by atoms with van der Waals surface area (Å²) in [6.07, 6.45) is 10.2. The number of carbonyl (C=O) groups is 2. The van der Waals surface area contributed by atoms with Crippen LogP contribution >= 0.6 is 0 Å².